The Morgan fingerprint density at radius 1 is 1.11 bits per heavy atom. The molecule has 1 aliphatic rings. The molecule has 98 valence electrons. The van der Waals surface area contributed by atoms with Gasteiger partial charge in [-0.05, 0) is 43.6 Å². The Labute approximate surface area is 109 Å². The predicted octanol–water partition coefficient (Wildman–Crippen LogP) is 3.74. The summed E-state index contributed by atoms with van der Waals surface area (Å²) >= 11 is 0. The zero-order chi connectivity index (χ0) is 12.6. The molecule has 0 N–H and O–H groups in total. The highest BCUT2D eigenvalue weighted by Crippen LogP contribution is 2.29. The van der Waals surface area contributed by atoms with Crippen molar-refractivity contribution in [2.45, 2.75) is 51.2 Å². The Bertz CT molecular complexity index is 339. The summed E-state index contributed by atoms with van der Waals surface area (Å²) in [5.41, 5.74) is 1.25. The molecular weight excluding hydrogens is 224 g/mol. The monoisotopic (exact) mass is 246 g/mol. The van der Waals surface area contributed by atoms with Crippen molar-refractivity contribution >= 4 is 6.29 Å². The molecule has 1 fully saturated rings. The molecule has 0 saturated heterocycles. The first-order chi connectivity index (χ1) is 8.88. The lowest BCUT2D eigenvalue weighted by molar-refractivity contribution is -0.108. The molecule has 18 heavy (non-hydrogen) atoms. The second-order valence-corrected chi connectivity index (χ2v) is 5.18. The van der Waals surface area contributed by atoms with Crippen molar-refractivity contribution in [1.29, 1.82) is 0 Å². The van der Waals surface area contributed by atoms with E-state index in [-0.39, 0.29) is 0 Å². The Balaban J connectivity index is 1.66. The molecule has 0 heterocycles. The molecule has 0 bridgehead atoms. The largest absolute Gasteiger partial charge is 0.374 e. The summed E-state index contributed by atoms with van der Waals surface area (Å²) in [4.78, 5) is 10.3. The van der Waals surface area contributed by atoms with Gasteiger partial charge in [0.2, 0.25) is 0 Å². The molecule has 1 aliphatic carbocycles. The lowest BCUT2D eigenvalue weighted by atomic mass is 9.84. The third-order valence-corrected chi connectivity index (χ3v) is 3.82. The van der Waals surface area contributed by atoms with Gasteiger partial charge in [-0.1, -0.05) is 30.3 Å². The number of ether oxygens (including phenoxy) is 1. The van der Waals surface area contributed by atoms with E-state index in [0.29, 0.717) is 6.10 Å². The molecule has 0 unspecified atom stereocenters. The molecule has 1 aromatic rings. The first-order valence-corrected chi connectivity index (χ1v) is 6.97. The van der Waals surface area contributed by atoms with Crippen LogP contribution < -0.4 is 0 Å². The summed E-state index contributed by atoms with van der Waals surface area (Å²) in [5.74, 6) is 0.742. The molecule has 0 spiro atoms. The minimum Gasteiger partial charge on any atom is -0.374 e. The van der Waals surface area contributed by atoms with E-state index >= 15 is 0 Å². The van der Waals surface area contributed by atoms with Crippen LogP contribution in [0.4, 0.5) is 0 Å². The second kappa shape index (κ2) is 7.32. The van der Waals surface area contributed by atoms with Crippen LogP contribution in [0, 0.1) is 5.92 Å². The van der Waals surface area contributed by atoms with Crippen LogP contribution in [-0.4, -0.2) is 12.4 Å². The van der Waals surface area contributed by atoms with Gasteiger partial charge in [-0.25, -0.2) is 0 Å². The lowest BCUT2D eigenvalue weighted by Gasteiger charge is -2.28. The molecule has 1 saturated carbocycles. The zero-order valence-corrected chi connectivity index (χ0v) is 10.9. The second-order valence-electron chi connectivity index (χ2n) is 5.18. The third-order valence-electron chi connectivity index (χ3n) is 3.82. The van der Waals surface area contributed by atoms with Gasteiger partial charge < -0.3 is 9.53 Å². The van der Waals surface area contributed by atoms with Crippen LogP contribution >= 0.6 is 0 Å². The normalized spacial score (nSPS) is 23.8. The van der Waals surface area contributed by atoms with Crippen molar-refractivity contribution in [3.05, 3.63) is 35.9 Å². The minimum atomic E-state index is 0.415. The quantitative estimate of drug-likeness (QED) is 0.715. The molecule has 2 nitrogen and oxygen atoms in total. The molecular formula is C16H22O2. The molecule has 0 atom stereocenters. The fourth-order valence-electron chi connectivity index (χ4n) is 2.68. The van der Waals surface area contributed by atoms with Crippen molar-refractivity contribution in [1.82, 2.24) is 0 Å². The molecule has 0 aliphatic heterocycles. The van der Waals surface area contributed by atoms with E-state index in [9.17, 15) is 4.79 Å². The van der Waals surface area contributed by atoms with Crippen molar-refractivity contribution in [3.8, 4) is 0 Å². The number of carbonyl (C=O) groups is 1. The third kappa shape index (κ3) is 4.26. The number of rotatable bonds is 6. The summed E-state index contributed by atoms with van der Waals surface area (Å²) in [6.07, 6.45) is 7.97. The zero-order valence-electron chi connectivity index (χ0n) is 10.9. The molecule has 1 aromatic carbocycles. The number of aldehydes is 1. The summed E-state index contributed by atoms with van der Waals surface area (Å²) < 4.78 is 5.95. The maximum atomic E-state index is 10.3. The fourth-order valence-corrected chi connectivity index (χ4v) is 2.68. The van der Waals surface area contributed by atoms with Crippen LogP contribution in [0.2, 0.25) is 0 Å². The first kappa shape index (κ1) is 13.3. The number of carbonyl (C=O) groups excluding carboxylic acids is 1. The standard InChI is InChI=1S/C16H22O2/c17-12-4-7-14-8-10-16(11-9-14)18-13-15-5-2-1-3-6-15/h1-3,5-6,12,14,16H,4,7-11,13H2. The highest BCUT2D eigenvalue weighted by atomic mass is 16.5. The maximum absolute atomic E-state index is 10.3. The number of hydrogen-bond donors (Lipinski definition) is 0. The van der Waals surface area contributed by atoms with Crippen LogP contribution in [0.5, 0.6) is 0 Å². The van der Waals surface area contributed by atoms with Gasteiger partial charge >= 0.3 is 0 Å². The van der Waals surface area contributed by atoms with E-state index in [1.165, 1.54) is 18.4 Å². The first-order valence-electron chi connectivity index (χ1n) is 6.97. The summed E-state index contributed by atoms with van der Waals surface area (Å²) in [5, 5.41) is 0. The molecule has 0 aromatic heterocycles. The Morgan fingerprint density at radius 3 is 2.50 bits per heavy atom. The highest BCUT2D eigenvalue weighted by Gasteiger charge is 2.21. The number of benzene rings is 1. The van der Waals surface area contributed by atoms with Gasteiger partial charge in [-0.3, -0.25) is 0 Å². The van der Waals surface area contributed by atoms with E-state index < -0.39 is 0 Å². The van der Waals surface area contributed by atoms with Gasteiger partial charge in [0, 0.05) is 6.42 Å². The van der Waals surface area contributed by atoms with Gasteiger partial charge in [0.05, 0.1) is 12.7 Å². The average molecular weight is 246 g/mol. The van der Waals surface area contributed by atoms with Crippen LogP contribution in [-0.2, 0) is 16.1 Å². The van der Waals surface area contributed by atoms with E-state index in [4.69, 9.17) is 4.74 Å². The van der Waals surface area contributed by atoms with Crippen LogP contribution in [0.15, 0.2) is 30.3 Å². The van der Waals surface area contributed by atoms with Crippen LogP contribution in [0.3, 0.4) is 0 Å². The fraction of sp³-hybridized carbons (Fsp3) is 0.562. The summed E-state index contributed by atoms with van der Waals surface area (Å²) in [6, 6.07) is 10.3. The van der Waals surface area contributed by atoms with Crippen molar-refractivity contribution < 1.29 is 9.53 Å². The van der Waals surface area contributed by atoms with Gasteiger partial charge in [-0.2, -0.15) is 0 Å². The smallest absolute Gasteiger partial charge is 0.120 e. The Morgan fingerprint density at radius 2 is 1.83 bits per heavy atom. The van der Waals surface area contributed by atoms with Gasteiger partial charge in [0.25, 0.3) is 0 Å². The predicted molar refractivity (Wildman–Crippen MR) is 72.3 cm³/mol. The molecule has 2 heteroatoms. The molecule has 0 radical (unpaired) electrons. The Kier molecular flexibility index (Phi) is 5.40. The van der Waals surface area contributed by atoms with E-state index in [1.807, 2.05) is 6.07 Å². The van der Waals surface area contributed by atoms with Crippen LogP contribution in [0.25, 0.3) is 0 Å². The summed E-state index contributed by atoms with van der Waals surface area (Å²) in [6.45, 7) is 0.727. The van der Waals surface area contributed by atoms with Gasteiger partial charge in [0.15, 0.2) is 0 Å². The summed E-state index contributed by atoms with van der Waals surface area (Å²) in [7, 11) is 0. The van der Waals surface area contributed by atoms with Crippen molar-refractivity contribution in [3.63, 3.8) is 0 Å². The Hall–Kier alpha value is -1.15. The van der Waals surface area contributed by atoms with E-state index in [0.717, 1.165) is 44.5 Å². The lowest BCUT2D eigenvalue weighted by Crippen LogP contribution is -2.21. The van der Waals surface area contributed by atoms with Gasteiger partial charge in [0.1, 0.15) is 6.29 Å². The van der Waals surface area contributed by atoms with E-state index in [1.54, 1.807) is 0 Å². The van der Waals surface area contributed by atoms with Crippen molar-refractivity contribution in [2.24, 2.45) is 5.92 Å². The topological polar surface area (TPSA) is 26.3 Å². The van der Waals surface area contributed by atoms with Gasteiger partial charge in [-0.15, -0.1) is 0 Å². The molecule has 0 amide bonds. The van der Waals surface area contributed by atoms with Crippen LogP contribution in [0.1, 0.15) is 44.1 Å². The average Bonchev–Trinajstić information content (AvgIpc) is 2.45. The SMILES string of the molecule is O=CCCC1CCC(OCc2ccccc2)CC1. The minimum absolute atomic E-state index is 0.415. The maximum Gasteiger partial charge on any atom is 0.120 e. The number of hydrogen-bond acceptors (Lipinski definition) is 2. The highest BCUT2D eigenvalue weighted by molar-refractivity contribution is 5.49. The van der Waals surface area contributed by atoms with Crippen molar-refractivity contribution in [2.75, 3.05) is 0 Å². The van der Waals surface area contributed by atoms with E-state index in [2.05, 4.69) is 24.3 Å². The molecule has 2 rings (SSSR count).